The van der Waals surface area contributed by atoms with Gasteiger partial charge in [0.15, 0.2) is 0 Å². The van der Waals surface area contributed by atoms with E-state index in [2.05, 4.69) is 4.72 Å². The first-order valence-corrected chi connectivity index (χ1v) is 6.74. The Labute approximate surface area is 85.1 Å². The van der Waals surface area contributed by atoms with Gasteiger partial charge in [-0.2, -0.15) is 0 Å². The van der Waals surface area contributed by atoms with Gasteiger partial charge in [0.1, 0.15) is 0 Å². The zero-order valence-electron chi connectivity index (χ0n) is 8.45. The van der Waals surface area contributed by atoms with Gasteiger partial charge >= 0.3 is 0 Å². The van der Waals surface area contributed by atoms with Crippen molar-refractivity contribution in [2.24, 2.45) is 5.92 Å². The second-order valence-corrected chi connectivity index (χ2v) is 5.61. The molecule has 0 aliphatic heterocycles. The monoisotopic (exact) mass is 219 g/mol. The van der Waals surface area contributed by atoms with E-state index in [1.54, 1.807) is 0 Å². The van der Waals surface area contributed by atoms with E-state index >= 15 is 0 Å². The molecule has 1 fully saturated rings. The van der Waals surface area contributed by atoms with E-state index in [0.29, 0.717) is 6.42 Å². The summed E-state index contributed by atoms with van der Waals surface area (Å²) < 4.78 is 24.7. The minimum absolute atomic E-state index is 0.0454. The van der Waals surface area contributed by atoms with Gasteiger partial charge in [-0.1, -0.05) is 19.8 Å². The van der Waals surface area contributed by atoms with Crippen LogP contribution in [0.15, 0.2) is 0 Å². The van der Waals surface area contributed by atoms with Crippen molar-refractivity contribution in [3.63, 3.8) is 0 Å². The summed E-state index contributed by atoms with van der Waals surface area (Å²) in [5.74, 6) is -0.295. The summed E-state index contributed by atoms with van der Waals surface area (Å²) in [7, 11) is -3.36. The van der Waals surface area contributed by atoms with E-state index in [4.69, 9.17) is 0 Å². The maximum absolute atomic E-state index is 11.3. The van der Waals surface area contributed by atoms with Gasteiger partial charge in [0.2, 0.25) is 15.9 Å². The highest BCUT2D eigenvalue weighted by Crippen LogP contribution is 2.28. The predicted molar refractivity (Wildman–Crippen MR) is 54.2 cm³/mol. The fourth-order valence-electron chi connectivity index (χ4n) is 1.18. The highest BCUT2D eigenvalue weighted by molar-refractivity contribution is 7.90. The minimum Gasteiger partial charge on any atom is -0.274 e. The third kappa shape index (κ3) is 4.09. The predicted octanol–water partition coefficient (Wildman–Crippen LogP) is 1.03. The van der Waals surface area contributed by atoms with Gasteiger partial charge in [-0.3, -0.25) is 9.52 Å². The van der Waals surface area contributed by atoms with Gasteiger partial charge in [-0.05, 0) is 19.3 Å². The second-order valence-electron chi connectivity index (χ2n) is 3.77. The molecule has 82 valence electrons. The summed E-state index contributed by atoms with van der Waals surface area (Å²) in [6, 6.07) is 0. The highest BCUT2D eigenvalue weighted by Gasteiger charge is 2.31. The molecular weight excluding hydrogens is 202 g/mol. The van der Waals surface area contributed by atoms with Crippen LogP contribution in [0.4, 0.5) is 0 Å². The first-order valence-electron chi connectivity index (χ1n) is 5.09. The molecule has 5 heteroatoms. The van der Waals surface area contributed by atoms with Crippen LogP contribution < -0.4 is 4.72 Å². The third-order valence-electron chi connectivity index (χ3n) is 2.22. The average Bonchev–Trinajstić information content (AvgIpc) is 2.85. The van der Waals surface area contributed by atoms with Crippen molar-refractivity contribution in [3.8, 4) is 0 Å². The van der Waals surface area contributed by atoms with Crippen molar-refractivity contribution in [2.75, 3.05) is 5.75 Å². The Balaban J connectivity index is 2.29. The highest BCUT2D eigenvalue weighted by atomic mass is 32.2. The van der Waals surface area contributed by atoms with Gasteiger partial charge in [-0.25, -0.2) is 8.42 Å². The summed E-state index contributed by atoms with van der Waals surface area (Å²) in [5, 5.41) is 0. The van der Waals surface area contributed by atoms with Crippen LogP contribution in [0, 0.1) is 5.92 Å². The maximum Gasteiger partial charge on any atom is 0.236 e. The Kier molecular flexibility index (Phi) is 3.92. The van der Waals surface area contributed by atoms with Crippen LogP contribution in [0.1, 0.15) is 39.0 Å². The Morgan fingerprint density at radius 1 is 1.36 bits per heavy atom. The lowest BCUT2D eigenvalue weighted by molar-refractivity contribution is -0.120. The SMILES string of the molecule is CCCCCS(=O)(=O)NC(=O)C1CC1. The lowest BCUT2D eigenvalue weighted by Crippen LogP contribution is -2.33. The molecule has 0 heterocycles. The molecule has 14 heavy (non-hydrogen) atoms. The van der Waals surface area contributed by atoms with Crippen LogP contribution in [0.5, 0.6) is 0 Å². The molecule has 1 saturated carbocycles. The first kappa shape index (κ1) is 11.5. The van der Waals surface area contributed by atoms with Crippen molar-refractivity contribution in [2.45, 2.75) is 39.0 Å². The molecule has 1 amide bonds. The molecule has 0 radical (unpaired) electrons. The molecule has 1 N–H and O–H groups in total. The fraction of sp³-hybridized carbons (Fsp3) is 0.889. The van der Waals surface area contributed by atoms with E-state index in [-0.39, 0.29) is 17.6 Å². The molecule has 0 aromatic heterocycles. The Morgan fingerprint density at radius 2 is 2.00 bits per heavy atom. The number of nitrogens with one attached hydrogen (secondary N) is 1. The average molecular weight is 219 g/mol. The van der Waals surface area contributed by atoms with Crippen LogP contribution >= 0.6 is 0 Å². The number of unbranched alkanes of at least 4 members (excludes halogenated alkanes) is 2. The van der Waals surface area contributed by atoms with Crippen molar-refractivity contribution >= 4 is 15.9 Å². The summed E-state index contributed by atoms with van der Waals surface area (Å²) in [5.41, 5.74) is 0. The summed E-state index contributed by atoms with van der Waals surface area (Å²) in [6.07, 6.45) is 4.15. The quantitative estimate of drug-likeness (QED) is 0.679. The van der Waals surface area contributed by atoms with Crippen LogP contribution in [0.25, 0.3) is 0 Å². The lowest BCUT2D eigenvalue weighted by Gasteiger charge is -2.05. The van der Waals surface area contributed by atoms with Gasteiger partial charge in [0.25, 0.3) is 0 Å². The van der Waals surface area contributed by atoms with Crippen LogP contribution in [0.3, 0.4) is 0 Å². The van der Waals surface area contributed by atoms with E-state index < -0.39 is 10.0 Å². The van der Waals surface area contributed by atoms with Crippen molar-refractivity contribution in [3.05, 3.63) is 0 Å². The molecule has 4 nitrogen and oxygen atoms in total. The van der Waals surface area contributed by atoms with E-state index in [1.165, 1.54) is 0 Å². The standard InChI is InChI=1S/C9H17NO3S/c1-2-3-4-7-14(12,13)10-9(11)8-5-6-8/h8H,2-7H2,1H3,(H,10,11). The van der Waals surface area contributed by atoms with Crippen molar-refractivity contribution < 1.29 is 13.2 Å². The summed E-state index contributed by atoms with van der Waals surface area (Å²) in [6.45, 7) is 2.01. The number of carbonyl (C=O) groups excluding carboxylic acids is 1. The van der Waals surface area contributed by atoms with Crippen molar-refractivity contribution in [1.82, 2.24) is 4.72 Å². The number of amides is 1. The van der Waals surface area contributed by atoms with Gasteiger partial charge < -0.3 is 0 Å². The molecule has 1 rings (SSSR count). The Bertz CT molecular complexity index is 293. The number of carbonyl (C=O) groups is 1. The number of hydrogen-bond donors (Lipinski definition) is 1. The van der Waals surface area contributed by atoms with Gasteiger partial charge in [-0.15, -0.1) is 0 Å². The molecule has 0 unspecified atom stereocenters. The first-order chi connectivity index (χ1) is 6.55. The minimum atomic E-state index is -3.36. The van der Waals surface area contributed by atoms with Gasteiger partial charge in [0, 0.05) is 5.92 Å². The Hall–Kier alpha value is -0.580. The number of hydrogen-bond acceptors (Lipinski definition) is 3. The normalized spacial score (nSPS) is 16.6. The molecule has 0 aromatic carbocycles. The molecule has 0 aromatic rings. The number of rotatable bonds is 6. The lowest BCUT2D eigenvalue weighted by atomic mass is 10.3. The third-order valence-corrected chi connectivity index (χ3v) is 3.56. The van der Waals surface area contributed by atoms with Crippen LogP contribution in [-0.2, 0) is 14.8 Å². The van der Waals surface area contributed by atoms with Crippen LogP contribution in [0.2, 0.25) is 0 Å². The van der Waals surface area contributed by atoms with Crippen LogP contribution in [-0.4, -0.2) is 20.1 Å². The van der Waals surface area contributed by atoms with E-state index in [0.717, 1.165) is 25.7 Å². The second kappa shape index (κ2) is 4.77. The van der Waals surface area contributed by atoms with E-state index in [9.17, 15) is 13.2 Å². The molecular formula is C9H17NO3S. The molecule has 1 aliphatic carbocycles. The molecule has 0 spiro atoms. The largest absolute Gasteiger partial charge is 0.274 e. The van der Waals surface area contributed by atoms with E-state index in [1.807, 2.05) is 6.92 Å². The number of sulfonamides is 1. The zero-order valence-corrected chi connectivity index (χ0v) is 9.27. The molecule has 0 atom stereocenters. The summed E-state index contributed by atoms with van der Waals surface area (Å²) >= 11 is 0. The zero-order chi connectivity index (χ0) is 10.6. The maximum atomic E-state index is 11.3. The fourth-order valence-corrected chi connectivity index (χ4v) is 2.33. The van der Waals surface area contributed by atoms with Gasteiger partial charge in [0.05, 0.1) is 5.75 Å². The smallest absolute Gasteiger partial charge is 0.236 e. The Morgan fingerprint density at radius 3 is 2.50 bits per heavy atom. The van der Waals surface area contributed by atoms with Crippen molar-refractivity contribution in [1.29, 1.82) is 0 Å². The topological polar surface area (TPSA) is 63.2 Å². The molecule has 1 aliphatic rings. The molecule has 0 saturated heterocycles. The summed E-state index contributed by atoms with van der Waals surface area (Å²) in [4.78, 5) is 11.2. The molecule has 0 bridgehead atoms.